The number of pyridine rings is 1. The Morgan fingerprint density at radius 1 is 1.19 bits per heavy atom. The van der Waals surface area contributed by atoms with Crippen LogP contribution in [0.25, 0.3) is 0 Å². The summed E-state index contributed by atoms with van der Waals surface area (Å²) in [5.41, 5.74) is 1.31. The number of hydrogen-bond donors (Lipinski definition) is 2. The van der Waals surface area contributed by atoms with Gasteiger partial charge in [-0.1, -0.05) is 19.9 Å². The molecule has 7 heteroatoms. The van der Waals surface area contributed by atoms with Crippen molar-refractivity contribution in [2.45, 2.75) is 26.4 Å². The van der Waals surface area contributed by atoms with Gasteiger partial charge in [-0.2, -0.15) is 0 Å². The highest BCUT2D eigenvalue weighted by Gasteiger charge is 2.25. The molecular weight excluding hydrogens is 334 g/mol. The van der Waals surface area contributed by atoms with Crippen molar-refractivity contribution in [1.82, 2.24) is 15.6 Å². The van der Waals surface area contributed by atoms with Gasteiger partial charge in [-0.3, -0.25) is 14.6 Å². The van der Waals surface area contributed by atoms with Crippen molar-refractivity contribution < 1.29 is 19.1 Å². The summed E-state index contributed by atoms with van der Waals surface area (Å²) in [6.07, 6.45) is 3.36. The molecular formula is C19H21N3O4. The quantitative estimate of drug-likeness (QED) is 0.826. The molecule has 0 unspecified atom stereocenters. The van der Waals surface area contributed by atoms with Crippen LogP contribution < -0.4 is 20.1 Å². The minimum Gasteiger partial charge on any atom is -0.454 e. The van der Waals surface area contributed by atoms with Gasteiger partial charge in [-0.05, 0) is 35.7 Å². The summed E-state index contributed by atoms with van der Waals surface area (Å²) in [5.74, 6) is 0.495. The smallest absolute Gasteiger partial charge is 0.252 e. The van der Waals surface area contributed by atoms with Crippen LogP contribution in [0.3, 0.4) is 0 Å². The molecule has 0 bridgehead atoms. The molecule has 136 valence electrons. The minimum absolute atomic E-state index is 0.0677. The van der Waals surface area contributed by atoms with Crippen LogP contribution in [0.5, 0.6) is 11.5 Å². The zero-order chi connectivity index (χ0) is 18.5. The first-order valence-corrected chi connectivity index (χ1v) is 8.41. The topological polar surface area (TPSA) is 89.5 Å². The van der Waals surface area contributed by atoms with Crippen LogP contribution in [-0.2, 0) is 11.3 Å². The number of hydrogen-bond acceptors (Lipinski definition) is 5. The van der Waals surface area contributed by atoms with Crippen molar-refractivity contribution in [2.24, 2.45) is 5.92 Å². The van der Waals surface area contributed by atoms with Gasteiger partial charge in [0, 0.05) is 24.5 Å². The molecule has 1 aliphatic heterocycles. The summed E-state index contributed by atoms with van der Waals surface area (Å²) in [4.78, 5) is 29.1. The third kappa shape index (κ3) is 4.11. The Balaban J connectivity index is 1.64. The van der Waals surface area contributed by atoms with Crippen LogP contribution >= 0.6 is 0 Å². The second-order valence-electron chi connectivity index (χ2n) is 6.34. The van der Waals surface area contributed by atoms with E-state index in [0.29, 0.717) is 23.6 Å². The normalized spacial score (nSPS) is 13.3. The average Bonchev–Trinajstić information content (AvgIpc) is 3.12. The Morgan fingerprint density at radius 2 is 2.00 bits per heavy atom. The number of ether oxygens (including phenoxy) is 2. The lowest BCUT2D eigenvalue weighted by Gasteiger charge is -2.22. The molecule has 1 atom stereocenters. The van der Waals surface area contributed by atoms with Crippen molar-refractivity contribution in [2.75, 3.05) is 6.79 Å². The van der Waals surface area contributed by atoms with Gasteiger partial charge in [0.05, 0.1) is 0 Å². The van der Waals surface area contributed by atoms with E-state index in [-0.39, 0.29) is 24.5 Å². The van der Waals surface area contributed by atoms with E-state index in [2.05, 4.69) is 15.6 Å². The Hall–Kier alpha value is -3.09. The fourth-order valence-electron chi connectivity index (χ4n) is 2.60. The van der Waals surface area contributed by atoms with E-state index in [0.717, 1.165) is 5.56 Å². The molecule has 2 aromatic rings. The molecule has 0 spiro atoms. The molecule has 0 radical (unpaired) electrons. The second kappa shape index (κ2) is 7.86. The molecule has 7 nitrogen and oxygen atoms in total. The van der Waals surface area contributed by atoms with Crippen LogP contribution in [0, 0.1) is 5.92 Å². The lowest BCUT2D eigenvalue weighted by molar-refractivity contribution is -0.124. The minimum atomic E-state index is -0.649. The fourth-order valence-corrected chi connectivity index (χ4v) is 2.60. The Bertz CT molecular complexity index is 793. The predicted molar refractivity (Wildman–Crippen MR) is 94.7 cm³/mol. The van der Waals surface area contributed by atoms with E-state index < -0.39 is 6.04 Å². The number of fused-ring (bicyclic) bond motifs is 1. The van der Waals surface area contributed by atoms with E-state index in [1.807, 2.05) is 26.0 Å². The zero-order valence-electron chi connectivity index (χ0n) is 14.7. The van der Waals surface area contributed by atoms with Crippen molar-refractivity contribution in [3.63, 3.8) is 0 Å². The molecule has 0 fully saturated rings. The SMILES string of the molecule is CC(C)[C@H](NC(=O)c1ccc2c(c1)OCO2)C(=O)NCc1cccnc1. The number of aromatic nitrogens is 1. The van der Waals surface area contributed by atoms with Gasteiger partial charge in [-0.25, -0.2) is 0 Å². The summed E-state index contributed by atoms with van der Waals surface area (Å²) in [6, 6.07) is 7.98. The standard InChI is InChI=1S/C19H21N3O4/c1-12(2)17(19(24)21-10-13-4-3-7-20-9-13)22-18(23)14-5-6-15-16(8-14)26-11-25-15/h3-9,12,17H,10-11H2,1-2H3,(H,21,24)(H,22,23)/t17-/m0/s1. The molecule has 1 aliphatic rings. The monoisotopic (exact) mass is 355 g/mol. The summed E-state index contributed by atoms with van der Waals surface area (Å²) in [5, 5.41) is 5.64. The highest BCUT2D eigenvalue weighted by molar-refractivity contribution is 5.98. The highest BCUT2D eigenvalue weighted by Crippen LogP contribution is 2.32. The molecule has 1 aromatic carbocycles. The largest absolute Gasteiger partial charge is 0.454 e. The third-order valence-corrected chi connectivity index (χ3v) is 4.06. The Morgan fingerprint density at radius 3 is 2.73 bits per heavy atom. The van der Waals surface area contributed by atoms with E-state index in [9.17, 15) is 9.59 Å². The Labute approximate surface area is 151 Å². The van der Waals surface area contributed by atoms with Gasteiger partial charge in [0.1, 0.15) is 6.04 Å². The highest BCUT2D eigenvalue weighted by atomic mass is 16.7. The maximum Gasteiger partial charge on any atom is 0.252 e. The lowest BCUT2D eigenvalue weighted by Crippen LogP contribution is -2.49. The molecule has 1 aromatic heterocycles. The van der Waals surface area contributed by atoms with Gasteiger partial charge in [0.15, 0.2) is 11.5 Å². The molecule has 0 saturated heterocycles. The Kier molecular flexibility index (Phi) is 5.36. The van der Waals surface area contributed by atoms with Gasteiger partial charge < -0.3 is 20.1 Å². The number of benzene rings is 1. The maximum absolute atomic E-state index is 12.5. The summed E-state index contributed by atoms with van der Waals surface area (Å²) in [6.45, 7) is 4.27. The molecule has 2 N–H and O–H groups in total. The number of rotatable bonds is 6. The molecule has 2 amide bonds. The first-order chi connectivity index (χ1) is 12.5. The fraction of sp³-hybridized carbons (Fsp3) is 0.316. The molecule has 0 saturated carbocycles. The first-order valence-electron chi connectivity index (χ1n) is 8.41. The first kappa shape index (κ1) is 17.7. The van der Waals surface area contributed by atoms with Crippen LogP contribution in [0.15, 0.2) is 42.7 Å². The van der Waals surface area contributed by atoms with Gasteiger partial charge in [-0.15, -0.1) is 0 Å². The second-order valence-corrected chi connectivity index (χ2v) is 6.34. The van der Waals surface area contributed by atoms with E-state index in [4.69, 9.17) is 9.47 Å². The summed E-state index contributed by atoms with van der Waals surface area (Å²) in [7, 11) is 0. The average molecular weight is 355 g/mol. The van der Waals surface area contributed by atoms with Crippen molar-refractivity contribution in [1.29, 1.82) is 0 Å². The number of amides is 2. The number of carbonyl (C=O) groups is 2. The van der Waals surface area contributed by atoms with Crippen LogP contribution in [-0.4, -0.2) is 29.6 Å². The third-order valence-electron chi connectivity index (χ3n) is 4.06. The number of carbonyl (C=O) groups excluding carboxylic acids is 2. The molecule has 26 heavy (non-hydrogen) atoms. The molecule has 0 aliphatic carbocycles. The number of nitrogens with one attached hydrogen (secondary N) is 2. The van der Waals surface area contributed by atoms with E-state index >= 15 is 0 Å². The van der Waals surface area contributed by atoms with Crippen LogP contribution in [0.2, 0.25) is 0 Å². The van der Waals surface area contributed by atoms with E-state index in [1.165, 1.54) is 0 Å². The molecule has 2 heterocycles. The maximum atomic E-state index is 12.5. The summed E-state index contributed by atoms with van der Waals surface area (Å²) < 4.78 is 10.5. The van der Waals surface area contributed by atoms with Crippen LogP contribution in [0.4, 0.5) is 0 Å². The van der Waals surface area contributed by atoms with E-state index in [1.54, 1.807) is 30.6 Å². The van der Waals surface area contributed by atoms with Gasteiger partial charge in [0.25, 0.3) is 5.91 Å². The van der Waals surface area contributed by atoms with Crippen LogP contribution in [0.1, 0.15) is 29.8 Å². The van der Waals surface area contributed by atoms with Gasteiger partial charge in [0.2, 0.25) is 12.7 Å². The number of nitrogens with zero attached hydrogens (tertiary/aromatic N) is 1. The van der Waals surface area contributed by atoms with Gasteiger partial charge >= 0.3 is 0 Å². The van der Waals surface area contributed by atoms with Crippen molar-refractivity contribution in [3.8, 4) is 11.5 Å². The predicted octanol–water partition coefficient (Wildman–Crippen LogP) is 1.88. The van der Waals surface area contributed by atoms with Crippen molar-refractivity contribution in [3.05, 3.63) is 53.9 Å². The zero-order valence-corrected chi connectivity index (χ0v) is 14.7. The van der Waals surface area contributed by atoms with Crippen molar-refractivity contribution >= 4 is 11.8 Å². The summed E-state index contributed by atoms with van der Waals surface area (Å²) >= 11 is 0. The molecule has 3 rings (SSSR count). The lowest BCUT2D eigenvalue weighted by atomic mass is 10.0.